The summed E-state index contributed by atoms with van der Waals surface area (Å²) in [4.78, 5) is 21.1. The number of amides is 1. The third kappa shape index (κ3) is 3.45. The maximum absolute atomic E-state index is 12.3. The second kappa shape index (κ2) is 6.74. The van der Waals surface area contributed by atoms with Gasteiger partial charge >= 0.3 is 0 Å². The van der Waals surface area contributed by atoms with Gasteiger partial charge in [0.05, 0.1) is 15.8 Å². The first-order valence-electron chi connectivity index (χ1n) is 7.58. The van der Waals surface area contributed by atoms with Crippen LogP contribution in [0.25, 0.3) is 20.8 Å². The van der Waals surface area contributed by atoms with Crippen molar-refractivity contribution in [2.45, 2.75) is 0 Å². The molecule has 25 heavy (non-hydrogen) atoms. The van der Waals surface area contributed by atoms with Gasteiger partial charge in [-0.15, -0.1) is 11.3 Å². The lowest BCUT2D eigenvalue weighted by Crippen LogP contribution is -2.12. The monoisotopic (exact) mass is 409 g/mol. The van der Waals surface area contributed by atoms with Gasteiger partial charge in [0.25, 0.3) is 5.91 Å². The number of anilines is 1. The molecule has 1 amide bonds. The fourth-order valence-electron chi connectivity index (χ4n) is 2.44. The minimum absolute atomic E-state index is 0.193. The summed E-state index contributed by atoms with van der Waals surface area (Å²) in [5.74, 6) is -0.193. The van der Waals surface area contributed by atoms with Crippen LogP contribution < -0.4 is 5.32 Å². The fraction of sp³-hybridized carbons (Fsp3) is 0. The van der Waals surface area contributed by atoms with Crippen molar-refractivity contribution in [2.24, 2.45) is 0 Å². The van der Waals surface area contributed by atoms with Gasteiger partial charge in [0.1, 0.15) is 9.61 Å². The molecule has 1 N–H and O–H groups in total. The highest BCUT2D eigenvalue weighted by molar-refractivity contribution is 9.10. The van der Waals surface area contributed by atoms with Crippen LogP contribution in [0.5, 0.6) is 0 Å². The molecule has 4 nitrogen and oxygen atoms in total. The summed E-state index contributed by atoms with van der Waals surface area (Å²) >= 11 is 4.90. The Morgan fingerprint density at radius 1 is 1.04 bits per heavy atom. The van der Waals surface area contributed by atoms with Crippen molar-refractivity contribution >= 4 is 49.1 Å². The molecule has 0 saturated heterocycles. The van der Waals surface area contributed by atoms with Crippen molar-refractivity contribution in [2.75, 3.05) is 5.32 Å². The lowest BCUT2D eigenvalue weighted by molar-refractivity contribution is 0.102. The summed E-state index contributed by atoms with van der Waals surface area (Å²) in [6, 6.07) is 19.2. The number of nitrogens with zero attached hydrogens (tertiary/aromatic N) is 2. The molecular formula is C19H12BrN3OS. The zero-order chi connectivity index (χ0) is 17.2. The topological polar surface area (TPSA) is 54.9 Å². The van der Waals surface area contributed by atoms with E-state index < -0.39 is 0 Å². The molecule has 2 aromatic heterocycles. The van der Waals surface area contributed by atoms with Crippen molar-refractivity contribution < 1.29 is 4.79 Å². The molecule has 6 heteroatoms. The standard InChI is InChI=1S/C19H12BrN3OS/c20-17-9-8-13(11-21-17)18(24)22-14-5-3-4-12(10-14)19-23-15-6-1-2-7-16(15)25-19/h1-11H,(H,22,24). The lowest BCUT2D eigenvalue weighted by atomic mass is 10.2. The van der Waals surface area contributed by atoms with Gasteiger partial charge in [0.15, 0.2) is 0 Å². The van der Waals surface area contributed by atoms with Crippen LogP contribution in [-0.4, -0.2) is 15.9 Å². The molecular weight excluding hydrogens is 398 g/mol. The van der Waals surface area contributed by atoms with Crippen LogP contribution in [0.4, 0.5) is 5.69 Å². The van der Waals surface area contributed by atoms with E-state index in [1.807, 2.05) is 42.5 Å². The third-order valence-electron chi connectivity index (χ3n) is 3.65. The molecule has 0 aliphatic rings. The molecule has 0 fully saturated rings. The third-order valence-corrected chi connectivity index (χ3v) is 5.21. The van der Waals surface area contributed by atoms with E-state index in [0.29, 0.717) is 10.2 Å². The molecule has 0 unspecified atom stereocenters. The molecule has 2 heterocycles. The number of halogens is 1. The maximum atomic E-state index is 12.3. The SMILES string of the molecule is O=C(Nc1cccc(-c2nc3ccccc3s2)c1)c1ccc(Br)nc1. The first-order chi connectivity index (χ1) is 12.2. The number of carbonyl (C=O) groups is 1. The summed E-state index contributed by atoms with van der Waals surface area (Å²) < 4.78 is 1.84. The molecule has 0 bridgehead atoms. The molecule has 0 saturated carbocycles. The van der Waals surface area contributed by atoms with Crippen molar-refractivity contribution in [3.8, 4) is 10.6 Å². The van der Waals surface area contributed by atoms with Crippen LogP contribution in [0.2, 0.25) is 0 Å². The van der Waals surface area contributed by atoms with E-state index >= 15 is 0 Å². The van der Waals surface area contributed by atoms with Crippen LogP contribution in [0.1, 0.15) is 10.4 Å². The van der Waals surface area contributed by atoms with Crippen molar-refractivity contribution in [3.05, 3.63) is 77.0 Å². The lowest BCUT2D eigenvalue weighted by Gasteiger charge is -2.06. The van der Waals surface area contributed by atoms with Crippen LogP contribution in [-0.2, 0) is 0 Å². The van der Waals surface area contributed by atoms with Crippen LogP contribution in [0.3, 0.4) is 0 Å². The van der Waals surface area contributed by atoms with Crippen molar-refractivity contribution in [1.82, 2.24) is 9.97 Å². The van der Waals surface area contributed by atoms with Gasteiger partial charge in [-0.25, -0.2) is 9.97 Å². The maximum Gasteiger partial charge on any atom is 0.257 e. The van der Waals surface area contributed by atoms with Crippen LogP contribution in [0, 0.1) is 0 Å². The number of aromatic nitrogens is 2. The number of pyridine rings is 1. The van der Waals surface area contributed by atoms with E-state index in [9.17, 15) is 4.79 Å². The molecule has 0 spiro atoms. The van der Waals surface area contributed by atoms with Gasteiger partial charge in [-0.2, -0.15) is 0 Å². The minimum atomic E-state index is -0.193. The zero-order valence-electron chi connectivity index (χ0n) is 12.9. The molecule has 2 aromatic carbocycles. The normalized spacial score (nSPS) is 10.8. The predicted molar refractivity (Wildman–Crippen MR) is 105 cm³/mol. The Balaban J connectivity index is 1.60. The van der Waals surface area contributed by atoms with E-state index in [1.165, 1.54) is 6.20 Å². The highest BCUT2D eigenvalue weighted by Gasteiger charge is 2.09. The first kappa shape index (κ1) is 15.9. The molecule has 4 rings (SSSR count). The van der Waals surface area contributed by atoms with E-state index in [0.717, 1.165) is 26.5 Å². The Bertz CT molecular complexity index is 1030. The molecule has 0 aliphatic carbocycles. The van der Waals surface area contributed by atoms with Gasteiger partial charge in [-0.05, 0) is 52.3 Å². The van der Waals surface area contributed by atoms with Gasteiger partial charge in [-0.3, -0.25) is 4.79 Å². The quantitative estimate of drug-likeness (QED) is 0.462. The summed E-state index contributed by atoms with van der Waals surface area (Å²) in [7, 11) is 0. The minimum Gasteiger partial charge on any atom is -0.322 e. The molecule has 0 aliphatic heterocycles. The number of fused-ring (bicyclic) bond motifs is 1. The summed E-state index contributed by atoms with van der Waals surface area (Å²) in [5, 5.41) is 3.84. The largest absolute Gasteiger partial charge is 0.322 e. The summed E-state index contributed by atoms with van der Waals surface area (Å²) in [6.07, 6.45) is 1.54. The second-order valence-electron chi connectivity index (χ2n) is 5.39. The number of benzene rings is 2. The number of carbonyl (C=O) groups excluding carboxylic acids is 1. The van der Waals surface area contributed by atoms with Gasteiger partial charge < -0.3 is 5.32 Å². The average molecular weight is 410 g/mol. The number of para-hydroxylation sites is 1. The van der Waals surface area contributed by atoms with E-state index in [1.54, 1.807) is 23.5 Å². The number of hydrogen-bond donors (Lipinski definition) is 1. The Kier molecular flexibility index (Phi) is 4.29. The van der Waals surface area contributed by atoms with E-state index in [-0.39, 0.29) is 5.91 Å². The highest BCUT2D eigenvalue weighted by atomic mass is 79.9. The molecule has 4 aromatic rings. The van der Waals surface area contributed by atoms with Crippen molar-refractivity contribution in [1.29, 1.82) is 0 Å². The number of hydrogen-bond acceptors (Lipinski definition) is 4. The Morgan fingerprint density at radius 2 is 1.92 bits per heavy atom. The van der Waals surface area contributed by atoms with Gasteiger partial charge in [0.2, 0.25) is 0 Å². The van der Waals surface area contributed by atoms with E-state index in [2.05, 4.69) is 37.3 Å². The number of nitrogens with one attached hydrogen (secondary N) is 1. The molecule has 0 atom stereocenters. The van der Waals surface area contributed by atoms with E-state index in [4.69, 9.17) is 0 Å². The number of thiazole rings is 1. The summed E-state index contributed by atoms with van der Waals surface area (Å²) in [6.45, 7) is 0. The smallest absolute Gasteiger partial charge is 0.257 e. The Labute approximate surface area is 156 Å². The fourth-order valence-corrected chi connectivity index (χ4v) is 3.64. The first-order valence-corrected chi connectivity index (χ1v) is 9.19. The van der Waals surface area contributed by atoms with Crippen molar-refractivity contribution in [3.63, 3.8) is 0 Å². The Hall–Kier alpha value is -2.57. The highest BCUT2D eigenvalue weighted by Crippen LogP contribution is 2.31. The summed E-state index contributed by atoms with van der Waals surface area (Å²) in [5.41, 5.74) is 3.20. The predicted octanol–water partition coefficient (Wildman–Crippen LogP) is 5.37. The van der Waals surface area contributed by atoms with Crippen LogP contribution >= 0.6 is 27.3 Å². The van der Waals surface area contributed by atoms with Gasteiger partial charge in [-0.1, -0.05) is 24.3 Å². The second-order valence-corrected chi connectivity index (χ2v) is 7.23. The van der Waals surface area contributed by atoms with Crippen LogP contribution in [0.15, 0.2) is 71.5 Å². The Morgan fingerprint density at radius 3 is 2.72 bits per heavy atom. The number of rotatable bonds is 3. The molecule has 122 valence electrons. The van der Waals surface area contributed by atoms with Gasteiger partial charge in [0, 0.05) is 17.4 Å². The zero-order valence-corrected chi connectivity index (χ0v) is 15.3. The molecule has 0 radical (unpaired) electrons. The average Bonchev–Trinajstić information content (AvgIpc) is 3.07.